The Labute approximate surface area is 160 Å². The van der Waals surface area contributed by atoms with Crippen molar-refractivity contribution in [1.82, 2.24) is 5.32 Å². The van der Waals surface area contributed by atoms with Gasteiger partial charge in [-0.15, -0.1) is 0 Å². The molecule has 2 aromatic carbocycles. The Kier molecular flexibility index (Phi) is 6.47. The Morgan fingerprint density at radius 3 is 2.26 bits per heavy atom. The highest BCUT2D eigenvalue weighted by molar-refractivity contribution is 5.94. The van der Waals surface area contributed by atoms with Crippen LogP contribution in [0.3, 0.4) is 0 Å². The highest BCUT2D eigenvalue weighted by Crippen LogP contribution is 2.24. The molecule has 1 aliphatic carbocycles. The van der Waals surface area contributed by atoms with Crippen LogP contribution in [0.1, 0.15) is 44.2 Å². The first kappa shape index (κ1) is 19.0. The van der Waals surface area contributed by atoms with Crippen molar-refractivity contribution in [3.05, 3.63) is 60.2 Å². The minimum atomic E-state index is -0.209. The van der Waals surface area contributed by atoms with Gasteiger partial charge in [-0.1, -0.05) is 43.2 Å². The second kappa shape index (κ2) is 9.21. The zero-order chi connectivity index (χ0) is 19.1. The molecule has 1 aliphatic rings. The van der Waals surface area contributed by atoms with Gasteiger partial charge >= 0.3 is 0 Å². The van der Waals surface area contributed by atoms with E-state index in [9.17, 15) is 9.59 Å². The van der Waals surface area contributed by atoms with E-state index in [2.05, 4.69) is 35.0 Å². The fraction of sp³-hybridized carbons (Fsp3) is 0.364. The number of carbonyl (C=O) groups is 2. The quantitative estimate of drug-likeness (QED) is 0.692. The van der Waals surface area contributed by atoms with Crippen molar-refractivity contribution in [3.63, 3.8) is 0 Å². The number of nitrogens with one attached hydrogen (secondary N) is 3. The third kappa shape index (κ3) is 5.58. The van der Waals surface area contributed by atoms with Crippen molar-refractivity contribution in [2.75, 3.05) is 17.2 Å². The van der Waals surface area contributed by atoms with E-state index < -0.39 is 0 Å². The fourth-order valence-corrected chi connectivity index (χ4v) is 3.43. The molecule has 1 saturated carbocycles. The molecule has 2 aromatic rings. The summed E-state index contributed by atoms with van der Waals surface area (Å²) in [6.45, 7) is 2.12. The molecule has 3 N–H and O–H groups in total. The van der Waals surface area contributed by atoms with Gasteiger partial charge in [-0.3, -0.25) is 9.59 Å². The maximum atomic E-state index is 12.0. The SMILES string of the molecule is CC(Nc1ccc(NC(=O)CNC(=O)C2CCCC2)cc1)c1ccccc1. The van der Waals surface area contributed by atoms with E-state index >= 15 is 0 Å². The van der Waals surface area contributed by atoms with Crippen molar-refractivity contribution in [2.24, 2.45) is 5.92 Å². The maximum Gasteiger partial charge on any atom is 0.243 e. The highest BCUT2D eigenvalue weighted by atomic mass is 16.2. The Morgan fingerprint density at radius 1 is 0.963 bits per heavy atom. The molecule has 5 heteroatoms. The monoisotopic (exact) mass is 365 g/mol. The predicted octanol–water partition coefficient (Wildman–Crippen LogP) is 4.10. The lowest BCUT2D eigenvalue weighted by Crippen LogP contribution is -2.36. The summed E-state index contributed by atoms with van der Waals surface area (Å²) < 4.78 is 0. The van der Waals surface area contributed by atoms with Crippen LogP contribution in [-0.4, -0.2) is 18.4 Å². The van der Waals surface area contributed by atoms with Gasteiger partial charge in [0.15, 0.2) is 0 Å². The van der Waals surface area contributed by atoms with Crippen LogP contribution in [0.4, 0.5) is 11.4 Å². The zero-order valence-corrected chi connectivity index (χ0v) is 15.7. The molecule has 142 valence electrons. The summed E-state index contributed by atoms with van der Waals surface area (Å²) in [5, 5.41) is 9.00. The second-order valence-corrected chi connectivity index (χ2v) is 7.10. The summed E-state index contributed by atoms with van der Waals surface area (Å²) >= 11 is 0. The van der Waals surface area contributed by atoms with E-state index in [1.54, 1.807) is 0 Å². The number of benzene rings is 2. The first-order chi connectivity index (χ1) is 13.1. The summed E-state index contributed by atoms with van der Waals surface area (Å²) in [4.78, 5) is 24.0. The summed E-state index contributed by atoms with van der Waals surface area (Å²) in [6, 6.07) is 18.0. The van der Waals surface area contributed by atoms with E-state index in [0.717, 1.165) is 31.4 Å². The number of anilines is 2. The number of hydrogen-bond donors (Lipinski definition) is 3. The molecule has 1 atom stereocenters. The molecule has 1 fully saturated rings. The van der Waals surface area contributed by atoms with Gasteiger partial charge in [0.1, 0.15) is 0 Å². The molecular formula is C22H27N3O2. The summed E-state index contributed by atoms with van der Waals surface area (Å²) in [5.41, 5.74) is 2.92. The van der Waals surface area contributed by atoms with Gasteiger partial charge in [-0.05, 0) is 49.6 Å². The van der Waals surface area contributed by atoms with Crippen molar-refractivity contribution < 1.29 is 9.59 Å². The molecule has 0 aromatic heterocycles. The smallest absolute Gasteiger partial charge is 0.243 e. The van der Waals surface area contributed by atoms with Crippen LogP contribution in [0.15, 0.2) is 54.6 Å². The molecule has 0 aliphatic heterocycles. The molecule has 1 unspecified atom stereocenters. The van der Waals surface area contributed by atoms with Gasteiger partial charge in [-0.25, -0.2) is 0 Å². The topological polar surface area (TPSA) is 70.2 Å². The summed E-state index contributed by atoms with van der Waals surface area (Å²) in [7, 11) is 0. The van der Waals surface area contributed by atoms with Crippen LogP contribution < -0.4 is 16.0 Å². The molecule has 0 radical (unpaired) electrons. The largest absolute Gasteiger partial charge is 0.379 e. The second-order valence-electron chi connectivity index (χ2n) is 7.10. The molecule has 0 spiro atoms. The van der Waals surface area contributed by atoms with E-state index in [1.807, 2.05) is 42.5 Å². The Balaban J connectivity index is 1.45. The predicted molar refractivity (Wildman–Crippen MR) is 109 cm³/mol. The highest BCUT2D eigenvalue weighted by Gasteiger charge is 2.22. The average Bonchev–Trinajstić information content (AvgIpc) is 3.23. The number of hydrogen-bond acceptors (Lipinski definition) is 3. The number of amides is 2. The first-order valence-corrected chi connectivity index (χ1v) is 9.61. The molecule has 0 heterocycles. The van der Waals surface area contributed by atoms with E-state index in [-0.39, 0.29) is 30.3 Å². The summed E-state index contributed by atoms with van der Waals surface area (Å²) in [6.07, 6.45) is 4.08. The van der Waals surface area contributed by atoms with E-state index in [1.165, 1.54) is 5.56 Å². The van der Waals surface area contributed by atoms with Gasteiger partial charge in [0, 0.05) is 23.3 Å². The van der Waals surface area contributed by atoms with Gasteiger partial charge in [-0.2, -0.15) is 0 Å². The molecule has 0 bridgehead atoms. The Hall–Kier alpha value is -2.82. The lowest BCUT2D eigenvalue weighted by atomic mass is 10.1. The zero-order valence-electron chi connectivity index (χ0n) is 15.7. The van der Waals surface area contributed by atoms with Crippen LogP contribution in [0.5, 0.6) is 0 Å². The van der Waals surface area contributed by atoms with Crippen LogP contribution in [-0.2, 0) is 9.59 Å². The van der Waals surface area contributed by atoms with Crippen molar-refractivity contribution in [2.45, 2.75) is 38.6 Å². The third-order valence-corrected chi connectivity index (χ3v) is 5.00. The van der Waals surface area contributed by atoms with Crippen LogP contribution in [0.25, 0.3) is 0 Å². The van der Waals surface area contributed by atoms with E-state index in [4.69, 9.17) is 0 Å². The molecule has 5 nitrogen and oxygen atoms in total. The maximum absolute atomic E-state index is 12.0. The van der Waals surface area contributed by atoms with Gasteiger partial charge in [0.25, 0.3) is 0 Å². The standard InChI is InChI=1S/C22H27N3O2/c1-16(17-7-3-2-4-8-17)24-19-11-13-20(14-12-19)25-21(26)15-23-22(27)18-9-5-6-10-18/h2-4,7-8,11-14,16,18,24H,5-6,9-10,15H2,1H3,(H,23,27)(H,25,26). The van der Waals surface area contributed by atoms with Gasteiger partial charge < -0.3 is 16.0 Å². The number of rotatable bonds is 7. The Bertz CT molecular complexity index is 753. The molecule has 0 saturated heterocycles. The Morgan fingerprint density at radius 2 is 1.59 bits per heavy atom. The number of carbonyl (C=O) groups excluding carboxylic acids is 2. The molecular weight excluding hydrogens is 338 g/mol. The van der Waals surface area contributed by atoms with Crippen LogP contribution >= 0.6 is 0 Å². The fourth-order valence-electron chi connectivity index (χ4n) is 3.43. The third-order valence-electron chi connectivity index (χ3n) is 5.00. The lowest BCUT2D eigenvalue weighted by molar-refractivity contribution is -0.127. The summed E-state index contributed by atoms with van der Waals surface area (Å²) in [5.74, 6) is -0.133. The normalized spacial score (nSPS) is 15.1. The van der Waals surface area contributed by atoms with Crippen molar-refractivity contribution in [1.29, 1.82) is 0 Å². The lowest BCUT2D eigenvalue weighted by Gasteiger charge is -2.16. The molecule has 3 rings (SSSR count). The van der Waals surface area contributed by atoms with Gasteiger partial charge in [0.2, 0.25) is 11.8 Å². The first-order valence-electron chi connectivity index (χ1n) is 9.61. The van der Waals surface area contributed by atoms with Crippen molar-refractivity contribution in [3.8, 4) is 0 Å². The van der Waals surface area contributed by atoms with E-state index in [0.29, 0.717) is 5.69 Å². The van der Waals surface area contributed by atoms with Crippen molar-refractivity contribution >= 4 is 23.2 Å². The minimum absolute atomic E-state index is 0.00269. The van der Waals surface area contributed by atoms with Gasteiger partial charge in [0.05, 0.1) is 6.54 Å². The minimum Gasteiger partial charge on any atom is -0.379 e. The molecule has 2 amide bonds. The average molecular weight is 365 g/mol. The van der Waals surface area contributed by atoms with Crippen LogP contribution in [0, 0.1) is 5.92 Å². The molecule has 27 heavy (non-hydrogen) atoms. The van der Waals surface area contributed by atoms with Crippen LogP contribution in [0.2, 0.25) is 0 Å².